The van der Waals surface area contributed by atoms with Gasteiger partial charge in [-0.1, -0.05) is 48.0 Å². The second-order valence-electron chi connectivity index (χ2n) is 6.17. The number of nitrogens with one attached hydrogen (secondary N) is 1. The molecule has 4 nitrogen and oxygen atoms in total. The van der Waals surface area contributed by atoms with E-state index in [0.717, 1.165) is 11.1 Å². The highest BCUT2D eigenvalue weighted by molar-refractivity contribution is 6.31. The van der Waals surface area contributed by atoms with Gasteiger partial charge in [0.05, 0.1) is 11.6 Å². The van der Waals surface area contributed by atoms with Gasteiger partial charge in [0.25, 0.3) is 5.91 Å². The molecule has 5 heteroatoms. The molecular formula is C19H18ClNO3. The minimum absolute atomic E-state index is 0.293. The maximum absolute atomic E-state index is 12.7. The number of cyclic esters (lactones) is 1. The zero-order valence-corrected chi connectivity index (χ0v) is 14.3. The summed E-state index contributed by atoms with van der Waals surface area (Å²) in [5.41, 5.74) is 0.915. The summed E-state index contributed by atoms with van der Waals surface area (Å²) in [6, 6.07) is 14.2. The fourth-order valence-corrected chi connectivity index (χ4v) is 3.21. The predicted molar refractivity (Wildman–Crippen MR) is 92.0 cm³/mol. The van der Waals surface area contributed by atoms with E-state index in [2.05, 4.69) is 5.32 Å². The van der Waals surface area contributed by atoms with E-state index in [4.69, 9.17) is 16.3 Å². The second-order valence-corrected chi connectivity index (χ2v) is 6.58. The molecule has 0 radical (unpaired) electrons. The number of halogens is 1. The molecule has 0 aromatic heterocycles. The van der Waals surface area contributed by atoms with Gasteiger partial charge >= 0.3 is 5.97 Å². The lowest BCUT2D eigenvalue weighted by Crippen LogP contribution is -2.52. The lowest BCUT2D eigenvalue weighted by Gasteiger charge is -2.34. The van der Waals surface area contributed by atoms with Gasteiger partial charge in [-0.05, 0) is 37.1 Å². The Morgan fingerprint density at radius 1 is 1.21 bits per heavy atom. The fourth-order valence-electron chi connectivity index (χ4n) is 2.91. The summed E-state index contributed by atoms with van der Waals surface area (Å²) in [5.74, 6) is -0.808. The molecule has 1 aliphatic heterocycles. The van der Waals surface area contributed by atoms with E-state index in [9.17, 15) is 9.59 Å². The lowest BCUT2D eigenvalue weighted by molar-refractivity contribution is -0.140. The van der Waals surface area contributed by atoms with E-state index in [1.807, 2.05) is 37.3 Å². The summed E-state index contributed by atoms with van der Waals surface area (Å²) in [5, 5.41) is 3.48. The van der Waals surface area contributed by atoms with Crippen molar-refractivity contribution in [1.82, 2.24) is 5.32 Å². The molecule has 0 fully saturated rings. The van der Waals surface area contributed by atoms with Gasteiger partial charge in [-0.25, -0.2) is 4.79 Å². The summed E-state index contributed by atoms with van der Waals surface area (Å²) >= 11 is 6.18. The first-order chi connectivity index (χ1) is 11.4. The summed E-state index contributed by atoms with van der Waals surface area (Å²) in [4.78, 5) is 24.9. The highest BCUT2D eigenvalue weighted by Crippen LogP contribution is 2.29. The van der Waals surface area contributed by atoms with Crippen LogP contribution in [-0.2, 0) is 16.0 Å². The third-order valence-corrected chi connectivity index (χ3v) is 4.63. The molecule has 2 aromatic carbocycles. The topological polar surface area (TPSA) is 55.4 Å². The maximum atomic E-state index is 12.7. The van der Waals surface area contributed by atoms with E-state index in [1.165, 1.54) is 0 Å². The quantitative estimate of drug-likeness (QED) is 0.865. The number of amides is 1. The van der Waals surface area contributed by atoms with E-state index in [1.54, 1.807) is 25.1 Å². The third-order valence-electron chi connectivity index (χ3n) is 4.28. The molecule has 0 saturated heterocycles. The zero-order chi connectivity index (χ0) is 17.3. The van der Waals surface area contributed by atoms with Crippen molar-refractivity contribution in [2.24, 2.45) is 0 Å². The highest BCUT2D eigenvalue weighted by atomic mass is 35.5. The summed E-state index contributed by atoms with van der Waals surface area (Å²) < 4.78 is 5.45. The van der Waals surface area contributed by atoms with Crippen LogP contribution in [0, 0.1) is 0 Å². The van der Waals surface area contributed by atoms with Crippen LogP contribution in [-0.4, -0.2) is 17.5 Å². The van der Waals surface area contributed by atoms with Crippen molar-refractivity contribution in [3.8, 4) is 0 Å². The number of hydrogen-bond donors (Lipinski definition) is 1. The molecule has 0 aliphatic carbocycles. The summed E-state index contributed by atoms with van der Waals surface area (Å²) in [6.07, 6.45) is 0.343. The molecule has 1 aliphatic rings. The van der Waals surface area contributed by atoms with E-state index in [-0.39, 0.29) is 11.9 Å². The average Bonchev–Trinajstić information content (AvgIpc) is 2.55. The number of fused-ring (bicyclic) bond motifs is 1. The first kappa shape index (κ1) is 16.5. The van der Waals surface area contributed by atoms with Crippen LogP contribution in [0.3, 0.4) is 0 Å². The molecule has 1 heterocycles. The fraction of sp³-hybridized carbons (Fsp3) is 0.263. The standard InChI is InChI=1S/C19H18ClNO3/c1-12(14-8-5-6-10-16(14)20)21-18(23)19(2)11-13-7-3-4-9-15(13)17(22)24-19/h3-10,12H,11H2,1-2H3,(H,21,23). The van der Waals surface area contributed by atoms with Gasteiger partial charge in [0.2, 0.25) is 0 Å². The van der Waals surface area contributed by atoms with Crippen LogP contribution in [0.4, 0.5) is 0 Å². The van der Waals surface area contributed by atoms with Crippen LogP contribution in [0.1, 0.15) is 41.4 Å². The van der Waals surface area contributed by atoms with Gasteiger partial charge in [0.1, 0.15) is 0 Å². The monoisotopic (exact) mass is 343 g/mol. The van der Waals surface area contributed by atoms with Crippen molar-refractivity contribution in [1.29, 1.82) is 0 Å². The normalized spacial score (nSPS) is 20.7. The number of carbonyl (C=O) groups is 2. The van der Waals surface area contributed by atoms with E-state index >= 15 is 0 Å². The molecule has 2 unspecified atom stereocenters. The minimum Gasteiger partial charge on any atom is -0.445 e. The SMILES string of the molecule is CC(NC(=O)C1(C)Cc2ccccc2C(=O)O1)c1ccccc1Cl. The van der Waals surface area contributed by atoms with Crippen LogP contribution >= 0.6 is 11.6 Å². The zero-order valence-electron chi connectivity index (χ0n) is 13.5. The van der Waals surface area contributed by atoms with Crippen LogP contribution in [0.25, 0.3) is 0 Å². The molecular weight excluding hydrogens is 326 g/mol. The van der Waals surface area contributed by atoms with Gasteiger partial charge in [0.15, 0.2) is 5.60 Å². The Balaban J connectivity index is 1.80. The van der Waals surface area contributed by atoms with Gasteiger partial charge in [-0.3, -0.25) is 4.79 Å². The Hall–Kier alpha value is -2.33. The average molecular weight is 344 g/mol. The number of carbonyl (C=O) groups excluding carboxylic acids is 2. The summed E-state index contributed by atoms with van der Waals surface area (Å²) in [7, 11) is 0. The van der Waals surface area contributed by atoms with Crippen LogP contribution in [0.5, 0.6) is 0 Å². The molecule has 3 rings (SSSR count). The number of ether oxygens (including phenoxy) is 1. The number of hydrogen-bond acceptors (Lipinski definition) is 3. The third kappa shape index (κ3) is 3.02. The van der Waals surface area contributed by atoms with E-state index in [0.29, 0.717) is 17.0 Å². The smallest absolute Gasteiger partial charge is 0.339 e. The molecule has 24 heavy (non-hydrogen) atoms. The lowest BCUT2D eigenvalue weighted by atomic mass is 9.89. The maximum Gasteiger partial charge on any atom is 0.339 e. The van der Waals surface area contributed by atoms with Gasteiger partial charge in [0, 0.05) is 11.4 Å². The van der Waals surface area contributed by atoms with Gasteiger partial charge in [-0.15, -0.1) is 0 Å². The van der Waals surface area contributed by atoms with Crippen molar-refractivity contribution in [2.45, 2.75) is 31.9 Å². The van der Waals surface area contributed by atoms with Crippen molar-refractivity contribution in [3.63, 3.8) is 0 Å². The Morgan fingerprint density at radius 3 is 2.62 bits per heavy atom. The van der Waals surface area contributed by atoms with Crippen LogP contribution in [0.15, 0.2) is 48.5 Å². The van der Waals surface area contributed by atoms with E-state index < -0.39 is 11.6 Å². The van der Waals surface area contributed by atoms with Crippen molar-refractivity contribution < 1.29 is 14.3 Å². The number of benzene rings is 2. The molecule has 2 aromatic rings. The second kappa shape index (κ2) is 6.29. The van der Waals surface area contributed by atoms with Crippen molar-refractivity contribution >= 4 is 23.5 Å². The first-order valence-corrected chi connectivity index (χ1v) is 8.15. The van der Waals surface area contributed by atoms with Crippen molar-refractivity contribution in [3.05, 3.63) is 70.2 Å². The van der Waals surface area contributed by atoms with Gasteiger partial charge in [-0.2, -0.15) is 0 Å². The largest absolute Gasteiger partial charge is 0.445 e. The highest BCUT2D eigenvalue weighted by Gasteiger charge is 2.43. The van der Waals surface area contributed by atoms with Crippen molar-refractivity contribution in [2.75, 3.05) is 0 Å². The van der Waals surface area contributed by atoms with Gasteiger partial charge < -0.3 is 10.1 Å². The predicted octanol–water partition coefficient (Wildman–Crippen LogP) is 3.69. The van der Waals surface area contributed by atoms with Crippen LogP contribution < -0.4 is 5.32 Å². The first-order valence-electron chi connectivity index (χ1n) is 7.77. The van der Waals surface area contributed by atoms with Crippen LogP contribution in [0.2, 0.25) is 5.02 Å². The molecule has 0 spiro atoms. The number of esters is 1. The molecule has 0 saturated carbocycles. The number of rotatable bonds is 3. The Bertz CT molecular complexity index is 805. The molecule has 124 valence electrons. The molecule has 0 bridgehead atoms. The minimum atomic E-state index is -1.24. The Kier molecular flexibility index (Phi) is 4.33. The molecule has 1 amide bonds. The molecule has 1 N–H and O–H groups in total. The Labute approximate surface area is 145 Å². The summed E-state index contributed by atoms with van der Waals surface area (Å²) in [6.45, 7) is 3.48. The Morgan fingerprint density at radius 2 is 1.88 bits per heavy atom. The molecule has 2 atom stereocenters.